The van der Waals surface area contributed by atoms with E-state index in [0.717, 1.165) is 12.3 Å². The number of hydrogen-bond acceptors (Lipinski definition) is 3. The fraction of sp³-hybridized carbons (Fsp3) is 0.917. The Hall–Kier alpha value is -0.770. The number of hydrogen-bond donors (Lipinski definition) is 2. The summed E-state index contributed by atoms with van der Waals surface area (Å²) in [7, 11) is 0. The van der Waals surface area contributed by atoms with E-state index in [0.29, 0.717) is 6.54 Å². The quantitative estimate of drug-likeness (QED) is 0.773. The van der Waals surface area contributed by atoms with E-state index in [4.69, 9.17) is 10.5 Å². The van der Waals surface area contributed by atoms with Crippen LogP contribution in [0.4, 0.5) is 4.79 Å². The van der Waals surface area contributed by atoms with Crippen LogP contribution in [0.1, 0.15) is 47.0 Å². The van der Waals surface area contributed by atoms with Crippen LogP contribution in [0.25, 0.3) is 0 Å². The summed E-state index contributed by atoms with van der Waals surface area (Å²) in [6.07, 6.45) is 3.08. The van der Waals surface area contributed by atoms with Crippen LogP contribution in [0.15, 0.2) is 0 Å². The average Bonchev–Trinajstić information content (AvgIpc) is 2.84. The van der Waals surface area contributed by atoms with Gasteiger partial charge in [0.25, 0.3) is 0 Å². The number of carbonyl (C=O) groups excluding carboxylic acids is 1. The maximum atomic E-state index is 11.6. The number of ether oxygens (including phenoxy) is 1. The van der Waals surface area contributed by atoms with Crippen molar-refractivity contribution in [2.45, 2.75) is 58.1 Å². The number of rotatable bonds is 4. The minimum absolute atomic E-state index is 0.330. The first kappa shape index (κ1) is 13.3. The molecule has 1 amide bonds. The van der Waals surface area contributed by atoms with Crippen LogP contribution in [-0.4, -0.2) is 23.8 Å². The van der Waals surface area contributed by atoms with Crippen LogP contribution < -0.4 is 11.1 Å². The van der Waals surface area contributed by atoms with Crippen molar-refractivity contribution in [3.8, 4) is 0 Å². The van der Waals surface area contributed by atoms with Crippen molar-refractivity contribution in [3.63, 3.8) is 0 Å². The largest absolute Gasteiger partial charge is 0.444 e. The molecule has 0 saturated heterocycles. The lowest BCUT2D eigenvalue weighted by Crippen LogP contribution is -2.52. The first-order chi connectivity index (χ1) is 7.24. The van der Waals surface area contributed by atoms with E-state index in [1.165, 1.54) is 12.8 Å². The lowest BCUT2D eigenvalue weighted by atomic mass is 9.95. The Morgan fingerprint density at radius 2 is 1.94 bits per heavy atom. The van der Waals surface area contributed by atoms with Crippen molar-refractivity contribution in [2.75, 3.05) is 6.54 Å². The summed E-state index contributed by atoms with van der Waals surface area (Å²) in [5, 5.41) is 2.88. The zero-order chi connectivity index (χ0) is 12.4. The number of amides is 1. The monoisotopic (exact) mass is 228 g/mol. The van der Waals surface area contributed by atoms with E-state index in [-0.39, 0.29) is 11.6 Å². The van der Waals surface area contributed by atoms with Crippen molar-refractivity contribution in [2.24, 2.45) is 11.7 Å². The van der Waals surface area contributed by atoms with Gasteiger partial charge in [-0.05, 0) is 40.0 Å². The fourth-order valence-corrected chi connectivity index (χ4v) is 1.69. The molecule has 1 rings (SSSR count). The van der Waals surface area contributed by atoms with Gasteiger partial charge in [-0.1, -0.05) is 12.8 Å². The molecule has 1 unspecified atom stereocenters. The Balaban J connectivity index is 2.44. The molecule has 3 N–H and O–H groups in total. The SMILES string of the molecule is CC(CN)(CC1CC1)NC(=O)OC(C)(C)C. The number of alkyl carbamates (subject to hydrolysis) is 1. The first-order valence-electron chi connectivity index (χ1n) is 5.95. The van der Waals surface area contributed by atoms with Crippen LogP contribution in [0.2, 0.25) is 0 Å². The second-order valence-corrected chi connectivity index (χ2v) is 6.04. The molecule has 4 nitrogen and oxygen atoms in total. The molecule has 0 aromatic heterocycles. The Bertz CT molecular complexity index is 256. The van der Waals surface area contributed by atoms with Crippen molar-refractivity contribution < 1.29 is 9.53 Å². The van der Waals surface area contributed by atoms with Crippen LogP contribution in [-0.2, 0) is 4.74 Å². The van der Waals surface area contributed by atoms with Gasteiger partial charge in [-0.3, -0.25) is 0 Å². The molecule has 94 valence electrons. The Morgan fingerprint density at radius 3 is 2.31 bits per heavy atom. The molecule has 0 bridgehead atoms. The van der Waals surface area contributed by atoms with E-state index in [2.05, 4.69) is 5.32 Å². The van der Waals surface area contributed by atoms with Gasteiger partial charge in [0, 0.05) is 6.54 Å². The summed E-state index contributed by atoms with van der Waals surface area (Å²) in [6.45, 7) is 7.99. The highest BCUT2D eigenvalue weighted by Crippen LogP contribution is 2.36. The van der Waals surface area contributed by atoms with Gasteiger partial charge >= 0.3 is 6.09 Å². The van der Waals surface area contributed by atoms with Gasteiger partial charge < -0.3 is 15.8 Å². The Kier molecular flexibility index (Phi) is 3.84. The highest BCUT2D eigenvalue weighted by atomic mass is 16.6. The fourth-order valence-electron chi connectivity index (χ4n) is 1.69. The number of nitrogens with one attached hydrogen (secondary N) is 1. The second-order valence-electron chi connectivity index (χ2n) is 6.04. The maximum absolute atomic E-state index is 11.6. The molecule has 0 spiro atoms. The summed E-state index contributed by atoms with van der Waals surface area (Å²) in [5.74, 6) is 0.725. The third-order valence-corrected chi connectivity index (χ3v) is 2.69. The first-order valence-corrected chi connectivity index (χ1v) is 5.95. The summed E-state index contributed by atoms with van der Waals surface area (Å²) in [6, 6.07) is 0. The standard InChI is InChI=1S/C12H24N2O2/c1-11(2,3)16-10(15)14-12(4,8-13)7-9-5-6-9/h9H,5-8,13H2,1-4H3,(H,14,15). The smallest absolute Gasteiger partial charge is 0.408 e. The predicted molar refractivity (Wildman–Crippen MR) is 64.2 cm³/mol. The van der Waals surface area contributed by atoms with Gasteiger partial charge in [0.1, 0.15) is 5.60 Å². The second kappa shape index (κ2) is 4.62. The highest BCUT2D eigenvalue weighted by Gasteiger charge is 2.34. The van der Waals surface area contributed by atoms with Gasteiger partial charge in [0.15, 0.2) is 0 Å². The molecule has 16 heavy (non-hydrogen) atoms. The minimum atomic E-state index is -0.459. The molecular formula is C12H24N2O2. The van der Waals surface area contributed by atoms with Gasteiger partial charge in [0.2, 0.25) is 0 Å². The molecule has 1 aliphatic carbocycles. The lowest BCUT2D eigenvalue weighted by molar-refractivity contribution is 0.0459. The number of nitrogens with two attached hydrogens (primary N) is 1. The Morgan fingerprint density at radius 1 is 1.38 bits per heavy atom. The summed E-state index contributed by atoms with van der Waals surface area (Å²) in [4.78, 5) is 11.6. The molecule has 1 aliphatic rings. The normalized spacial score (nSPS) is 20.1. The molecule has 1 fully saturated rings. The van der Waals surface area contributed by atoms with Crippen molar-refractivity contribution in [3.05, 3.63) is 0 Å². The van der Waals surface area contributed by atoms with E-state index in [9.17, 15) is 4.79 Å². The highest BCUT2D eigenvalue weighted by molar-refractivity contribution is 5.68. The van der Waals surface area contributed by atoms with Crippen molar-refractivity contribution in [1.29, 1.82) is 0 Å². The van der Waals surface area contributed by atoms with E-state index in [1.54, 1.807) is 0 Å². The molecule has 0 aromatic rings. The topological polar surface area (TPSA) is 64.3 Å². The molecular weight excluding hydrogens is 204 g/mol. The molecule has 4 heteroatoms. The molecule has 1 atom stereocenters. The predicted octanol–water partition coefficient (Wildman–Crippen LogP) is 2.03. The van der Waals surface area contributed by atoms with E-state index in [1.807, 2.05) is 27.7 Å². The zero-order valence-corrected chi connectivity index (χ0v) is 10.8. The molecule has 0 aliphatic heterocycles. The molecule has 0 radical (unpaired) electrons. The van der Waals surface area contributed by atoms with Crippen LogP contribution in [0, 0.1) is 5.92 Å². The average molecular weight is 228 g/mol. The van der Waals surface area contributed by atoms with Gasteiger partial charge in [-0.15, -0.1) is 0 Å². The van der Waals surface area contributed by atoms with Gasteiger partial charge in [-0.25, -0.2) is 4.79 Å². The van der Waals surface area contributed by atoms with Crippen molar-refractivity contribution >= 4 is 6.09 Å². The lowest BCUT2D eigenvalue weighted by Gasteiger charge is -2.31. The summed E-state index contributed by atoms with van der Waals surface area (Å²) < 4.78 is 5.23. The minimum Gasteiger partial charge on any atom is -0.444 e. The third-order valence-electron chi connectivity index (χ3n) is 2.69. The summed E-state index contributed by atoms with van der Waals surface area (Å²) >= 11 is 0. The van der Waals surface area contributed by atoms with Crippen molar-refractivity contribution in [1.82, 2.24) is 5.32 Å². The van der Waals surface area contributed by atoms with Gasteiger partial charge in [0.05, 0.1) is 5.54 Å². The van der Waals surface area contributed by atoms with E-state index >= 15 is 0 Å². The van der Waals surface area contributed by atoms with Crippen LogP contribution in [0.5, 0.6) is 0 Å². The zero-order valence-electron chi connectivity index (χ0n) is 10.8. The molecule has 1 saturated carbocycles. The third kappa shape index (κ3) is 4.84. The van der Waals surface area contributed by atoms with Crippen LogP contribution >= 0.6 is 0 Å². The van der Waals surface area contributed by atoms with Crippen LogP contribution in [0.3, 0.4) is 0 Å². The molecule has 0 heterocycles. The Labute approximate surface area is 97.9 Å². The molecule has 0 aromatic carbocycles. The van der Waals surface area contributed by atoms with Gasteiger partial charge in [-0.2, -0.15) is 0 Å². The number of carbonyl (C=O) groups is 1. The van der Waals surface area contributed by atoms with E-state index < -0.39 is 5.60 Å². The maximum Gasteiger partial charge on any atom is 0.408 e. The summed E-state index contributed by atoms with van der Waals surface area (Å²) in [5.41, 5.74) is 4.94.